The van der Waals surface area contributed by atoms with E-state index in [1.54, 1.807) is 25.8 Å². The van der Waals surface area contributed by atoms with E-state index in [1.807, 2.05) is 0 Å². The minimum Gasteiger partial charge on any atom is -0.465 e. The maximum absolute atomic E-state index is 12.0. The predicted octanol–water partition coefficient (Wildman–Crippen LogP) is 0.148. The molecule has 0 aliphatic heterocycles. The average Bonchev–Trinajstić information content (AvgIpc) is 3.08. The molecule has 1 unspecified atom stereocenters. The first-order chi connectivity index (χ1) is 7.60. The molecule has 0 spiro atoms. The molecule has 1 saturated carbocycles. The summed E-state index contributed by atoms with van der Waals surface area (Å²) in [5.41, 5.74) is 0. The molecule has 1 amide bonds. The molecule has 1 fully saturated rings. The molecule has 0 radical (unpaired) electrons. The summed E-state index contributed by atoms with van der Waals surface area (Å²) in [6, 6.07) is -0.0252. The van der Waals surface area contributed by atoms with Crippen molar-refractivity contribution in [2.75, 3.05) is 20.2 Å². The molecule has 5 nitrogen and oxygen atoms in total. The normalized spacial score (nSPS) is 16.7. The third-order valence-corrected chi connectivity index (χ3v) is 2.68. The zero-order valence-corrected chi connectivity index (χ0v) is 10.2. The summed E-state index contributed by atoms with van der Waals surface area (Å²) in [6.07, 6.45) is 1.98. The van der Waals surface area contributed by atoms with Gasteiger partial charge in [0, 0.05) is 6.04 Å². The molecular weight excluding hydrogens is 208 g/mol. The fourth-order valence-corrected chi connectivity index (χ4v) is 1.49. The zero-order valence-electron chi connectivity index (χ0n) is 10.2. The monoisotopic (exact) mass is 228 g/mol. The van der Waals surface area contributed by atoms with E-state index in [0.29, 0.717) is 6.61 Å². The average molecular weight is 228 g/mol. The number of nitrogens with one attached hydrogen (secondary N) is 1. The second kappa shape index (κ2) is 5.84. The van der Waals surface area contributed by atoms with Gasteiger partial charge in [-0.25, -0.2) is 0 Å². The lowest BCUT2D eigenvalue weighted by Gasteiger charge is -2.24. The first-order valence-electron chi connectivity index (χ1n) is 5.73. The van der Waals surface area contributed by atoms with Crippen LogP contribution in [0.2, 0.25) is 0 Å². The van der Waals surface area contributed by atoms with Gasteiger partial charge in [-0.3, -0.25) is 9.59 Å². The van der Waals surface area contributed by atoms with Crippen LogP contribution in [-0.2, 0) is 14.3 Å². The van der Waals surface area contributed by atoms with Crippen molar-refractivity contribution in [3.05, 3.63) is 0 Å². The molecule has 1 atom stereocenters. The van der Waals surface area contributed by atoms with Crippen LogP contribution in [0.1, 0.15) is 26.7 Å². The molecule has 0 aromatic rings. The minimum atomic E-state index is -0.328. The largest absolute Gasteiger partial charge is 0.465 e. The van der Waals surface area contributed by atoms with Crippen molar-refractivity contribution < 1.29 is 14.3 Å². The quantitative estimate of drug-likeness (QED) is 0.657. The van der Waals surface area contributed by atoms with E-state index in [4.69, 9.17) is 4.74 Å². The Morgan fingerprint density at radius 2 is 2.12 bits per heavy atom. The van der Waals surface area contributed by atoms with E-state index >= 15 is 0 Å². The number of likely N-dealkylation sites (N-methyl/N-ethyl adjacent to an activating group) is 1. The van der Waals surface area contributed by atoms with Crippen LogP contribution in [0.25, 0.3) is 0 Å². The van der Waals surface area contributed by atoms with Crippen molar-refractivity contribution in [1.29, 1.82) is 0 Å². The number of nitrogens with zero attached hydrogens (tertiary/aromatic N) is 1. The SMILES string of the molecule is CCOC(=O)CN(C(=O)C(C)NC)C1CC1. The Kier molecular flexibility index (Phi) is 4.73. The number of rotatable bonds is 6. The standard InChI is InChI=1S/C11H20N2O3/c1-4-16-10(14)7-13(9-5-6-9)11(15)8(2)12-3/h8-9,12H,4-7H2,1-3H3. The number of ether oxygens (including phenoxy) is 1. The van der Waals surface area contributed by atoms with Gasteiger partial charge >= 0.3 is 5.97 Å². The molecule has 92 valence electrons. The number of amides is 1. The summed E-state index contributed by atoms with van der Waals surface area (Å²) >= 11 is 0. The third-order valence-electron chi connectivity index (χ3n) is 2.68. The highest BCUT2D eigenvalue weighted by Crippen LogP contribution is 2.27. The van der Waals surface area contributed by atoms with Crippen LogP contribution in [0, 0.1) is 0 Å². The fourth-order valence-electron chi connectivity index (χ4n) is 1.49. The molecule has 1 N–H and O–H groups in total. The lowest BCUT2D eigenvalue weighted by atomic mass is 10.3. The molecule has 16 heavy (non-hydrogen) atoms. The Labute approximate surface area is 96.1 Å². The molecule has 0 aromatic heterocycles. The predicted molar refractivity (Wildman–Crippen MR) is 59.9 cm³/mol. The van der Waals surface area contributed by atoms with Gasteiger partial charge in [-0.1, -0.05) is 0 Å². The van der Waals surface area contributed by atoms with Gasteiger partial charge in [0.05, 0.1) is 12.6 Å². The lowest BCUT2D eigenvalue weighted by molar-refractivity contribution is -0.149. The topological polar surface area (TPSA) is 58.6 Å². The maximum atomic E-state index is 12.0. The number of hydrogen-bond acceptors (Lipinski definition) is 4. The highest BCUT2D eigenvalue weighted by Gasteiger charge is 2.35. The van der Waals surface area contributed by atoms with Gasteiger partial charge in [0.25, 0.3) is 0 Å². The Hall–Kier alpha value is -1.10. The highest BCUT2D eigenvalue weighted by molar-refractivity contribution is 5.86. The molecule has 0 heterocycles. The second-order valence-corrected chi connectivity index (χ2v) is 4.01. The lowest BCUT2D eigenvalue weighted by Crippen LogP contribution is -2.47. The van der Waals surface area contributed by atoms with Crippen LogP contribution in [0.5, 0.6) is 0 Å². The molecule has 1 aliphatic rings. The first-order valence-corrected chi connectivity index (χ1v) is 5.73. The molecule has 1 aliphatic carbocycles. The summed E-state index contributed by atoms with van der Waals surface area (Å²) in [7, 11) is 1.73. The van der Waals surface area contributed by atoms with Crippen LogP contribution in [0.4, 0.5) is 0 Å². The zero-order chi connectivity index (χ0) is 12.1. The second-order valence-electron chi connectivity index (χ2n) is 4.01. The van der Waals surface area contributed by atoms with Gasteiger partial charge < -0.3 is 15.0 Å². The van der Waals surface area contributed by atoms with E-state index in [-0.39, 0.29) is 30.5 Å². The van der Waals surface area contributed by atoms with Crippen molar-refractivity contribution in [1.82, 2.24) is 10.2 Å². The van der Waals surface area contributed by atoms with E-state index < -0.39 is 0 Å². The van der Waals surface area contributed by atoms with Gasteiger partial charge in [0.15, 0.2) is 0 Å². The van der Waals surface area contributed by atoms with Gasteiger partial charge in [-0.2, -0.15) is 0 Å². The summed E-state index contributed by atoms with van der Waals surface area (Å²) in [4.78, 5) is 24.9. The fraction of sp³-hybridized carbons (Fsp3) is 0.818. The highest BCUT2D eigenvalue weighted by atomic mass is 16.5. The van der Waals surface area contributed by atoms with Gasteiger partial charge in [0.2, 0.25) is 5.91 Å². The summed E-state index contributed by atoms with van der Waals surface area (Å²) in [5, 5.41) is 2.89. The Morgan fingerprint density at radius 1 is 1.50 bits per heavy atom. The Balaban J connectivity index is 2.53. The Bertz CT molecular complexity index is 264. The molecule has 0 bridgehead atoms. The van der Waals surface area contributed by atoms with E-state index in [9.17, 15) is 9.59 Å². The summed E-state index contributed by atoms with van der Waals surface area (Å²) in [5.74, 6) is -0.357. The van der Waals surface area contributed by atoms with E-state index in [0.717, 1.165) is 12.8 Å². The van der Waals surface area contributed by atoms with Gasteiger partial charge in [-0.15, -0.1) is 0 Å². The van der Waals surface area contributed by atoms with Crippen LogP contribution in [0.3, 0.4) is 0 Å². The number of carbonyl (C=O) groups excluding carboxylic acids is 2. The third kappa shape index (κ3) is 3.48. The first kappa shape index (κ1) is 13.0. The summed E-state index contributed by atoms with van der Waals surface area (Å²) in [6.45, 7) is 3.98. The van der Waals surface area contributed by atoms with Gasteiger partial charge in [-0.05, 0) is 33.7 Å². The molecular formula is C11H20N2O3. The maximum Gasteiger partial charge on any atom is 0.325 e. The van der Waals surface area contributed by atoms with Crippen LogP contribution in [-0.4, -0.2) is 49.1 Å². The van der Waals surface area contributed by atoms with Crippen LogP contribution in [0.15, 0.2) is 0 Å². The molecule has 5 heteroatoms. The number of esters is 1. The van der Waals surface area contributed by atoms with Crippen molar-refractivity contribution >= 4 is 11.9 Å². The molecule has 0 saturated heterocycles. The van der Waals surface area contributed by atoms with Gasteiger partial charge in [0.1, 0.15) is 6.54 Å². The molecule has 1 rings (SSSR count). The van der Waals surface area contributed by atoms with Crippen LogP contribution < -0.4 is 5.32 Å². The van der Waals surface area contributed by atoms with E-state index in [1.165, 1.54) is 0 Å². The van der Waals surface area contributed by atoms with Crippen LogP contribution >= 0.6 is 0 Å². The molecule has 0 aromatic carbocycles. The van der Waals surface area contributed by atoms with Crippen molar-refractivity contribution in [2.24, 2.45) is 0 Å². The Morgan fingerprint density at radius 3 is 2.56 bits per heavy atom. The van der Waals surface area contributed by atoms with E-state index in [2.05, 4.69) is 5.32 Å². The minimum absolute atomic E-state index is 0.0296. The number of hydrogen-bond donors (Lipinski definition) is 1. The van der Waals surface area contributed by atoms with Crippen molar-refractivity contribution in [3.63, 3.8) is 0 Å². The van der Waals surface area contributed by atoms with Crippen molar-refractivity contribution in [3.8, 4) is 0 Å². The smallest absolute Gasteiger partial charge is 0.325 e. The number of carbonyl (C=O) groups is 2. The van der Waals surface area contributed by atoms with Crippen molar-refractivity contribution in [2.45, 2.75) is 38.8 Å². The summed E-state index contributed by atoms with van der Waals surface area (Å²) < 4.78 is 4.86.